The van der Waals surface area contributed by atoms with Gasteiger partial charge in [0.25, 0.3) is 5.91 Å². The van der Waals surface area contributed by atoms with Gasteiger partial charge in [-0.2, -0.15) is 0 Å². The summed E-state index contributed by atoms with van der Waals surface area (Å²) >= 11 is 3.05. The maximum atomic E-state index is 13.0. The number of nitrogens with zero attached hydrogens (tertiary/aromatic N) is 1. The Kier molecular flexibility index (Phi) is 3.85. The van der Waals surface area contributed by atoms with E-state index in [0.29, 0.717) is 10.0 Å². The summed E-state index contributed by atoms with van der Waals surface area (Å²) in [5.41, 5.74) is 0.486. The Morgan fingerprint density at radius 1 is 1.47 bits per heavy atom. The van der Waals surface area contributed by atoms with E-state index in [2.05, 4.69) is 15.9 Å². The van der Waals surface area contributed by atoms with Crippen molar-refractivity contribution in [3.05, 3.63) is 34.1 Å². The monoisotopic (exact) mass is 273 g/mol. The van der Waals surface area contributed by atoms with Gasteiger partial charge < -0.3 is 4.90 Å². The molecule has 0 bridgehead atoms. The standard InChI is InChI=1S/C11H13BrFNO/c1-7(2)14(3)11(15)8-4-5-10(13)9(12)6-8/h4-7H,1-3H3. The lowest BCUT2D eigenvalue weighted by atomic mass is 10.2. The molecule has 0 aliphatic rings. The summed E-state index contributed by atoms with van der Waals surface area (Å²) in [7, 11) is 1.73. The van der Waals surface area contributed by atoms with Crippen LogP contribution in [0.2, 0.25) is 0 Å². The van der Waals surface area contributed by atoms with E-state index in [1.807, 2.05) is 13.8 Å². The van der Waals surface area contributed by atoms with Crippen LogP contribution in [0.4, 0.5) is 4.39 Å². The van der Waals surface area contributed by atoms with Crippen molar-refractivity contribution in [2.24, 2.45) is 0 Å². The van der Waals surface area contributed by atoms with Crippen LogP contribution in [-0.4, -0.2) is 23.9 Å². The third-order valence-corrected chi connectivity index (χ3v) is 2.87. The Balaban J connectivity index is 2.97. The van der Waals surface area contributed by atoms with Crippen molar-refractivity contribution in [1.82, 2.24) is 4.90 Å². The Bertz CT molecular complexity index is 379. The lowest BCUT2D eigenvalue weighted by Gasteiger charge is -2.21. The van der Waals surface area contributed by atoms with E-state index in [4.69, 9.17) is 0 Å². The van der Waals surface area contributed by atoms with Crippen LogP contribution in [0, 0.1) is 5.82 Å². The molecule has 15 heavy (non-hydrogen) atoms. The van der Waals surface area contributed by atoms with Crippen LogP contribution in [0.25, 0.3) is 0 Å². The van der Waals surface area contributed by atoms with Gasteiger partial charge in [0, 0.05) is 18.7 Å². The van der Waals surface area contributed by atoms with Gasteiger partial charge in [-0.05, 0) is 48.0 Å². The fraction of sp³-hybridized carbons (Fsp3) is 0.364. The van der Waals surface area contributed by atoms with E-state index in [9.17, 15) is 9.18 Å². The van der Waals surface area contributed by atoms with Crippen LogP contribution in [-0.2, 0) is 0 Å². The highest BCUT2D eigenvalue weighted by Gasteiger charge is 2.15. The molecular formula is C11H13BrFNO. The lowest BCUT2D eigenvalue weighted by Crippen LogP contribution is -2.32. The molecule has 0 fully saturated rings. The molecule has 4 heteroatoms. The first-order valence-corrected chi connectivity index (χ1v) is 5.45. The van der Waals surface area contributed by atoms with Gasteiger partial charge in [-0.15, -0.1) is 0 Å². The minimum atomic E-state index is -0.362. The first-order valence-electron chi connectivity index (χ1n) is 4.65. The summed E-state index contributed by atoms with van der Waals surface area (Å²) in [5.74, 6) is -0.468. The van der Waals surface area contributed by atoms with Crippen LogP contribution < -0.4 is 0 Å². The lowest BCUT2D eigenvalue weighted by molar-refractivity contribution is 0.0755. The van der Waals surface area contributed by atoms with Gasteiger partial charge in [0.2, 0.25) is 0 Å². The van der Waals surface area contributed by atoms with Gasteiger partial charge in [0.05, 0.1) is 4.47 Å². The van der Waals surface area contributed by atoms with Gasteiger partial charge >= 0.3 is 0 Å². The van der Waals surface area contributed by atoms with Crippen molar-refractivity contribution in [2.75, 3.05) is 7.05 Å². The molecule has 0 N–H and O–H groups in total. The SMILES string of the molecule is CC(C)N(C)C(=O)c1ccc(F)c(Br)c1. The number of carbonyl (C=O) groups excluding carboxylic acids is 1. The first-order chi connectivity index (χ1) is 6.93. The van der Waals surface area contributed by atoms with E-state index in [1.165, 1.54) is 18.2 Å². The van der Waals surface area contributed by atoms with Gasteiger partial charge in [0.1, 0.15) is 5.82 Å². The zero-order valence-electron chi connectivity index (χ0n) is 8.92. The third kappa shape index (κ3) is 2.78. The summed E-state index contributed by atoms with van der Waals surface area (Å²) in [4.78, 5) is 13.4. The Labute approximate surface area is 97.2 Å². The number of carbonyl (C=O) groups is 1. The van der Waals surface area contributed by atoms with E-state index < -0.39 is 0 Å². The zero-order chi connectivity index (χ0) is 11.6. The Morgan fingerprint density at radius 2 is 2.07 bits per heavy atom. The molecular weight excluding hydrogens is 261 g/mol. The minimum absolute atomic E-state index is 0.106. The summed E-state index contributed by atoms with van der Waals surface area (Å²) in [6.45, 7) is 3.85. The van der Waals surface area contributed by atoms with Crippen molar-refractivity contribution < 1.29 is 9.18 Å². The normalized spacial score (nSPS) is 10.5. The highest BCUT2D eigenvalue weighted by molar-refractivity contribution is 9.10. The second-order valence-electron chi connectivity index (χ2n) is 3.64. The van der Waals surface area contributed by atoms with Crippen LogP contribution in [0.1, 0.15) is 24.2 Å². The molecule has 0 saturated heterocycles. The van der Waals surface area contributed by atoms with E-state index in [1.54, 1.807) is 11.9 Å². The molecule has 0 heterocycles. The molecule has 0 aliphatic carbocycles. The summed E-state index contributed by atoms with van der Waals surface area (Å²) in [5, 5.41) is 0. The molecule has 1 amide bonds. The van der Waals surface area contributed by atoms with Gasteiger partial charge in [-0.25, -0.2) is 4.39 Å². The molecule has 1 aromatic rings. The van der Waals surface area contributed by atoms with E-state index in [0.717, 1.165) is 0 Å². The van der Waals surface area contributed by atoms with Gasteiger partial charge in [0.15, 0.2) is 0 Å². The highest BCUT2D eigenvalue weighted by atomic mass is 79.9. The molecule has 0 atom stereocenters. The van der Waals surface area contributed by atoms with Crippen LogP contribution in [0.15, 0.2) is 22.7 Å². The minimum Gasteiger partial charge on any atom is -0.339 e. The molecule has 0 spiro atoms. The molecule has 1 rings (SSSR count). The van der Waals surface area contributed by atoms with Crippen LogP contribution in [0.3, 0.4) is 0 Å². The fourth-order valence-corrected chi connectivity index (χ4v) is 1.45. The Morgan fingerprint density at radius 3 is 2.53 bits per heavy atom. The average molecular weight is 274 g/mol. The second kappa shape index (κ2) is 4.75. The zero-order valence-corrected chi connectivity index (χ0v) is 10.5. The summed E-state index contributed by atoms with van der Waals surface area (Å²) in [6, 6.07) is 4.39. The third-order valence-electron chi connectivity index (χ3n) is 2.26. The van der Waals surface area contributed by atoms with E-state index >= 15 is 0 Å². The molecule has 0 aromatic heterocycles. The molecule has 0 aliphatic heterocycles. The molecule has 0 unspecified atom stereocenters. The molecule has 0 saturated carbocycles. The number of hydrogen-bond donors (Lipinski definition) is 0. The number of hydrogen-bond acceptors (Lipinski definition) is 1. The fourth-order valence-electron chi connectivity index (χ4n) is 1.07. The van der Waals surface area contributed by atoms with Crippen molar-refractivity contribution in [2.45, 2.75) is 19.9 Å². The van der Waals surface area contributed by atoms with Crippen molar-refractivity contribution in [3.8, 4) is 0 Å². The summed E-state index contributed by atoms with van der Waals surface area (Å²) in [6.07, 6.45) is 0. The average Bonchev–Trinajstić information content (AvgIpc) is 2.19. The molecule has 0 radical (unpaired) electrons. The number of benzene rings is 1. The number of rotatable bonds is 2. The Hall–Kier alpha value is -0.900. The molecule has 2 nitrogen and oxygen atoms in total. The molecule has 82 valence electrons. The highest BCUT2D eigenvalue weighted by Crippen LogP contribution is 2.18. The van der Waals surface area contributed by atoms with Crippen LogP contribution >= 0.6 is 15.9 Å². The quantitative estimate of drug-likeness (QED) is 0.811. The maximum absolute atomic E-state index is 13.0. The number of halogens is 2. The van der Waals surface area contributed by atoms with Crippen molar-refractivity contribution in [1.29, 1.82) is 0 Å². The second-order valence-corrected chi connectivity index (χ2v) is 4.49. The summed E-state index contributed by atoms with van der Waals surface area (Å²) < 4.78 is 13.3. The smallest absolute Gasteiger partial charge is 0.253 e. The van der Waals surface area contributed by atoms with Crippen LogP contribution in [0.5, 0.6) is 0 Å². The predicted molar refractivity (Wildman–Crippen MR) is 61.3 cm³/mol. The topological polar surface area (TPSA) is 20.3 Å². The van der Waals surface area contributed by atoms with Gasteiger partial charge in [-0.3, -0.25) is 4.79 Å². The van der Waals surface area contributed by atoms with Gasteiger partial charge in [-0.1, -0.05) is 0 Å². The largest absolute Gasteiger partial charge is 0.339 e. The maximum Gasteiger partial charge on any atom is 0.253 e. The molecule has 1 aromatic carbocycles. The van der Waals surface area contributed by atoms with Crippen molar-refractivity contribution in [3.63, 3.8) is 0 Å². The van der Waals surface area contributed by atoms with E-state index in [-0.39, 0.29) is 17.8 Å². The predicted octanol–water partition coefficient (Wildman–Crippen LogP) is 3.07. The van der Waals surface area contributed by atoms with Crippen molar-refractivity contribution >= 4 is 21.8 Å². The number of amides is 1. The first kappa shape index (κ1) is 12.2.